The first-order valence-electron chi connectivity index (χ1n) is 9.10. The molecule has 3 aromatic rings. The summed E-state index contributed by atoms with van der Waals surface area (Å²) in [4.78, 5) is 13.0. The fourth-order valence-electron chi connectivity index (χ4n) is 3.22. The van der Waals surface area contributed by atoms with Crippen LogP contribution in [0.5, 0.6) is 0 Å². The fraction of sp³-hybridized carbons (Fsp3) is 0.227. The third kappa shape index (κ3) is 3.86. The molecule has 2 aromatic carbocycles. The molecule has 1 fully saturated rings. The van der Waals surface area contributed by atoms with Crippen molar-refractivity contribution in [1.29, 1.82) is 0 Å². The topological polar surface area (TPSA) is 58.9 Å². The molecule has 0 bridgehead atoms. The highest BCUT2D eigenvalue weighted by molar-refractivity contribution is 5.82. The van der Waals surface area contributed by atoms with Crippen molar-refractivity contribution in [2.45, 2.75) is 31.0 Å². The highest BCUT2D eigenvalue weighted by atomic mass is 16.3. The maximum Gasteiger partial charge on any atom is 0.283 e. The molecule has 26 heavy (non-hydrogen) atoms. The van der Waals surface area contributed by atoms with Crippen LogP contribution in [-0.2, 0) is 4.79 Å². The highest BCUT2D eigenvalue weighted by Crippen LogP contribution is 2.23. The Morgan fingerprint density at radius 1 is 0.923 bits per heavy atom. The van der Waals surface area contributed by atoms with E-state index in [1.54, 1.807) is 6.26 Å². The zero-order valence-corrected chi connectivity index (χ0v) is 14.5. The van der Waals surface area contributed by atoms with E-state index in [0.29, 0.717) is 6.04 Å². The molecule has 1 aliphatic rings. The maximum absolute atomic E-state index is 13.0. The Bertz CT molecular complexity index is 827. The second-order valence-electron chi connectivity index (χ2n) is 6.77. The lowest BCUT2D eigenvalue weighted by Gasteiger charge is -2.21. The number of carbonyl (C=O) groups excluding carboxylic acids is 1. The number of rotatable bonds is 7. The van der Waals surface area contributed by atoms with Gasteiger partial charge in [0, 0.05) is 17.2 Å². The number of nitrogens with one attached hydrogen (secondary N) is 1. The second-order valence-corrected chi connectivity index (χ2v) is 6.77. The highest BCUT2D eigenvalue weighted by Gasteiger charge is 2.34. The first kappa shape index (κ1) is 16.6. The molecule has 1 aliphatic carbocycles. The number of carbonyl (C=O) groups is 1. The van der Waals surface area contributed by atoms with E-state index in [-0.39, 0.29) is 18.0 Å². The van der Waals surface area contributed by atoms with Gasteiger partial charge in [0.15, 0.2) is 17.8 Å². The summed E-state index contributed by atoms with van der Waals surface area (Å²) >= 11 is 0. The summed E-state index contributed by atoms with van der Waals surface area (Å²) < 4.78 is 5.70. The molecule has 0 unspecified atom stereocenters. The summed E-state index contributed by atoms with van der Waals surface area (Å²) in [6.07, 6.45) is 3.84. The quantitative estimate of drug-likeness (QED) is 0.690. The molecule has 3 N–H and O–H groups in total. The SMILES string of the molecule is O=C(NC1CC1)[C@H]([NH2+][C@@H](c1ccccc1)c1ccco1)c1ccccc1. The van der Waals surface area contributed by atoms with Gasteiger partial charge in [0.25, 0.3) is 5.91 Å². The smallest absolute Gasteiger partial charge is 0.283 e. The van der Waals surface area contributed by atoms with Crippen LogP contribution in [0.15, 0.2) is 83.5 Å². The summed E-state index contributed by atoms with van der Waals surface area (Å²) in [7, 11) is 0. The van der Waals surface area contributed by atoms with E-state index in [1.807, 2.05) is 60.7 Å². The van der Waals surface area contributed by atoms with E-state index < -0.39 is 0 Å². The van der Waals surface area contributed by atoms with Crippen molar-refractivity contribution >= 4 is 5.91 Å². The van der Waals surface area contributed by atoms with Gasteiger partial charge in [-0.1, -0.05) is 60.7 Å². The molecular weight excluding hydrogens is 324 g/mol. The van der Waals surface area contributed by atoms with Gasteiger partial charge in [-0.05, 0) is 25.0 Å². The van der Waals surface area contributed by atoms with Gasteiger partial charge in [-0.15, -0.1) is 0 Å². The molecular formula is C22H23N2O2+. The molecule has 1 amide bonds. The lowest BCUT2D eigenvalue weighted by molar-refractivity contribution is -0.715. The van der Waals surface area contributed by atoms with Gasteiger partial charge >= 0.3 is 0 Å². The van der Waals surface area contributed by atoms with Crippen molar-refractivity contribution in [1.82, 2.24) is 5.32 Å². The molecule has 0 radical (unpaired) electrons. The Morgan fingerprint density at radius 2 is 1.58 bits per heavy atom. The van der Waals surface area contributed by atoms with E-state index in [0.717, 1.165) is 29.7 Å². The number of hydrogen-bond acceptors (Lipinski definition) is 2. The van der Waals surface area contributed by atoms with Crippen molar-refractivity contribution in [2.24, 2.45) is 0 Å². The monoisotopic (exact) mass is 347 g/mol. The van der Waals surface area contributed by atoms with Crippen LogP contribution in [0.4, 0.5) is 0 Å². The van der Waals surface area contributed by atoms with Crippen LogP contribution in [0.1, 0.15) is 41.8 Å². The molecule has 4 nitrogen and oxygen atoms in total. The van der Waals surface area contributed by atoms with Gasteiger partial charge < -0.3 is 15.1 Å². The Labute approximate surface area is 153 Å². The van der Waals surface area contributed by atoms with E-state index in [9.17, 15) is 4.79 Å². The van der Waals surface area contributed by atoms with Crippen molar-refractivity contribution in [3.63, 3.8) is 0 Å². The van der Waals surface area contributed by atoms with E-state index in [4.69, 9.17) is 4.42 Å². The molecule has 2 atom stereocenters. The van der Waals surface area contributed by atoms with Crippen molar-refractivity contribution < 1.29 is 14.5 Å². The van der Waals surface area contributed by atoms with Crippen LogP contribution in [0.2, 0.25) is 0 Å². The Morgan fingerprint density at radius 3 is 2.15 bits per heavy atom. The standard InChI is InChI=1S/C22H22N2O2/c25-22(23-18-13-14-18)21(17-10-5-2-6-11-17)24-20(19-12-7-15-26-19)16-8-3-1-4-9-16/h1-12,15,18,20-21,24H,13-14H2,(H,23,25)/p+1/t20-,21+/m0/s1. The summed E-state index contributed by atoms with van der Waals surface area (Å²) in [6.45, 7) is 0. The number of quaternary nitrogens is 1. The molecule has 0 aliphatic heterocycles. The van der Waals surface area contributed by atoms with Crippen LogP contribution in [0.3, 0.4) is 0 Å². The Hall–Kier alpha value is -2.85. The lowest BCUT2D eigenvalue weighted by atomic mass is 10.00. The average molecular weight is 347 g/mol. The third-order valence-corrected chi connectivity index (χ3v) is 4.76. The van der Waals surface area contributed by atoms with Gasteiger partial charge in [0.2, 0.25) is 0 Å². The number of benzene rings is 2. The maximum atomic E-state index is 13.0. The molecule has 132 valence electrons. The zero-order valence-electron chi connectivity index (χ0n) is 14.5. The van der Waals surface area contributed by atoms with E-state index >= 15 is 0 Å². The third-order valence-electron chi connectivity index (χ3n) is 4.76. The normalized spacial score (nSPS) is 16.0. The number of amides is 1. The molecule has 4 heteroatoms. The molecule has 1 aromatic heterocycles. The van der Waals surface area contributed by atoms with Gasteiger partial charge in [-0.3, -0.25) is 4.79 Å². The Balaban J connectivity index is 1.66. The molecule has 4 rings (SSSR count). The number of nitrogens with two attached hydrogens (primary N) is 1. The zero-order chi connectivity index (χ0) is 17.8. The van der Waals surface area contributed by atoms with Crippen molar-refractivity contribution in [2.75, 3.05) is 0 Å². The summed E-state index contributed by atoms with van der Waals surface area (Å²) in [5.41, 5.74) is 2.11. The van der Waals surface area contributed by atoms with Gasteiger partial charge in [-0.2, -0.15) is 0 Å². The average Bonchev–Trinajstić information content (AvgIpc) is 3.33. The second kappa shape index (κ2) is 7.58. The first-order valence-corrected chi connectivity index (χ1v) is 9.10. The summed E-state index contributed by atoms with van der Waals surface area (Å²) in [5.74, 6) is 0.905. The number of furan rings is 1. The molecule has 1 saturated carbocycles. The van der Waals surface area contributed by atoms with Gasteiger partial charge in [0.1, 0.15) is 0 Å². The van der Waals surface area contributed by atoms with Crippen LogP contribution < -0.4 is 10.6 Å². The Kier molecular flexibility index (Phi) is 4.84. The largest absolute Gasteiger partial charge is 0.463 e. The first-order chi connectivity index (χ1) is 12.8. The predicted octanol–water partition coefficient (Wildman–Crippen LogP) is 2.95. The van der Waals surface area contributed by atoms with Crippen molar-refractivity contribution in [3.05, 3.63) is 95.9 Å². The van der Waals surface area contributed by atoms with Gasteiger partial charge in [0.05, 0.1) is 6.26 Å². The van der Waals surface area contributed by atoms with Crippen LogP contribution in [0.25, 0.3) is 0 Å². The lowest BCUT2D eigenvalue weighted by Crippen LogP contribution is -2.88. The minimum Gasteiger partial charge on any atom is -0.463 e. The van der Waals surface area contributed by atoms with Crippen LogP contribution >= 0.6 is 0 Å². The van der Waals surface area contributed by atoms with Crippen molar-refractivity contribution in [3.8, 4) is 0 Å². The van der Waals surface area contributed by atoms with E-state index in [1.165, 1.54) is 0 Å². The number of hydrogen-bond donors (Lipinski definition) is 2. The molecule has 0 saturated heterocycles. The minimum absolute atomic E-state index is 0.0613. The van der Waals surface area contributed by atoms with E-state index in [2.05, 4.69) is 22.8 Å². The van der Waals surface area contributed by atoms with Gasteiger partial charge in [-0.25, -0.2) is 0 Å². The minimum atomic E-state index is -0.327. The fourth-order valence-corrected chi connectivity index (χ4v) is 3.22. The summed E-state index contributed by atoms with van der Waals surface area (Å²) in [6, 6.07) is 23.9. The predicted molar refractivity (Wildman–Crippen MR) is 99.3 cm³/mol. The molecule has 1 heterocycles. The summed E-state index contributed by atoms with van der Waals surface area (Å²) in [5, 5.41) is 5.25. The van der Waals surface area contributed by atoms with Crippen LogP contribution in [-0.4, -0.2) is 11.9 Å². The van der Waals surface area contributed by atoms with Crippen LogP contribution in [0, 0.1) is 0 Å². The molecule has 0 spiro atoms.